The first-order valence-electron chi connectivity index (χ1n) is 9.37. The van der Waals surface area contributed by atoms with Crippen molar-refractivity contribution in [1.29, 1.82) is 0 Å². The van der Waals surface area contributed by atoms with E-state index in [1.54, 1.807) is 18.6 Å². The monoisotopic (exact) mass is 383 g/mol. The Labute approximate surface area is 165 Å². The van der Waals surface area contributed by atoms with Gasteiger partial charge in [-0.15, -0.1) is 0 Å². The molecule has 1 aliphatic rings. The minimum Gasteiger partial charge on any atom is -0.352 e. The zero-order chi connectivity index (χ0) is 19.4. The van der Waals surface area contributed by atoms with Crippen molar-refractivity contribution in [3.8, 4) is 22.8 Å². The first-order valence-corrected chi connectivity index (χ1v) is 9.37. The molecule has 6 heterocycles. The van der Waals surface area contributed by atoms with Gasteiger partial charge in [0.15, 0.2) is 0 Å². The van der Waals surface area contributed by atoms with Crippen LogP contribution in [0, 0.1) is 0 Å². The van der Waals surface area contributed by atoms with Crippen molar-refractivity contribution in [2.24, 2.45) is 5.73 Å². The summed E-state index contributed by atoms with van der Waals surface area (Å²) in [6.45, 7) is 1.59. The van der Waals surface area contributed by atoms with Gasteiger partial charge < -0.3 is 15.6 Å². The van der Waals surface area contributed by atoms with Crippen molar-refractivity contribution < 1.29 is 0 Å². The minimum absolute atomic E-state index is 0.203. The van der Waals surface area contributed by atoms with Gasteiger partial charge in [0.05, 0.1) is 29.3 Å². The Morgan fingerprint density at radius 1 is 1.07 bits per heavy atom. The van der Waals surface area contributed by atoms with Crippen LogP contribution in [0.5, 0.6) is 0 Å². The van der Waals surface area contributed by atoms with Gasteiger partial charge in [-0.3, -0.25) is 10.1 Å². The Kier molecular flexibility index (Phi) is 3.38. The Bertz CT molecular complexity index is 1310. The maximum Gasteiger partial charge on any atom is 0.147 e. The predicted molar refractivity (Wildman–Crippen MR) is 110 cm³/mol. The zero-order valence-electron chi connectivity index (χ0n) is 15.4. The van der Waals surface area contributed by atoms with Crippen LogP contribution in [0.15, 0.2) is 48.9 Å². The van der Waals surface area contributed by atoms with E-state index >= 15 is 0 Å². The van der Waals surface area contributed by atoms with Crippen molar-refractivity contribution in [3.63, 3.8) is 0 Å². The zero-order valence-corrected chi connectivity index (χ0v) is 15.4. The molecule has 5 aromatic heterocycles. The average molecular weight is 383 g/mol. The van der Waals surface area contributed by atoms with E-state index in [9.17, 15) is 0 Å². The molecule has 1 fully saturated rings. The third-order valence-electron chi connectivity index (χ3n) is 5.17. The van der Waals surface area contributed by atoms with Crippen molar-refractivity contribution in [3.05, 3.63) is 48.9 Å². The summed E-state index contributed by atoms with van der Waals surface area (Å²) < 4.78 is 0. The number of hydrogen-bond donors (Lipinski definition) is 3. The Morgan fingerprint density at radius 3 is 2.86 bits per heavy atom. The quantitative estimate of drug-likeness (QED) is 0.436. The number of H-pyrrole nitrogens is 2. The summed E-state index contributed by atoms with van der Waals surface area (Å²) >= 11 is 0. The van der Waals surface area contributed by atoms with Gasteiger partial charge in [0.2, 0.25) is 0 Å². The van der Waals surface area contributed by atoms with Gasteiger partial charge in [0.1, 0.15) is 28.4 Å². The van der Waals surface area contributed by atoms with Crippen LogP contribution in [0.4, 0.5) is 5.82 Å². The van der Waals surface area contributed by atoms with Gasteiger partial charge in [-0.25, -0.2) is 15.0 Å². The number of aromatic amines is 2. The lowest BCUT2D eigenvalue weighted by Gasteiger charge is -2.37. The molecule has 0 saturated carbocycles. The molecule has 29 heavy (non-hydrogen) atoms. The molecule has 0 aliphatic carbocycles. The highest BCUT2D eigenvalue weighted by Crippen LogP contribution is 2.29. The first-order chi connectivity index (χ1) is 14.2. The van der Waals surface area contributed by atoms with Crippen LogP contribution in [0.25, 0.3) is 44.8 Å². The normalized spacial score (nSPS) is 14.6. The fourth-order valence-corrected chi connectivity index (χ4v) is 3.65. The molecule has 1 aliphatic heterocycles. The van der Waals surface area contributed by atoms with E-state index < -0.39 is 0 Å². The van der Waals surface area contributed by atoms with Crippen LogP contribution in [-0.2, 0) is 0 Å². The van der Waals surface area contributed by atoms with Gasteiger partial charge >= 0.3 is 0 Å². The summed E-state index contributed by atoms with van der Waals surface area (Å²) in [6, 6.07) is 10.0. The highest BCUT2D eigenvalue weighted by Gasteiger charge is 2.24. The summed E-state index contributed by atoms with van der Waals surface area (Å²) in [5.41, 5.74) is 11.4. The van der Waals surface area contributed by atoms with Crippen LogP contribution in [-0.4, -0.2) is 54.2 Å². The van der Waals surface area contributed by atoms with Crippen molar-refractivity contribution in [1.82, 2.24) is 35.1 Å². The number of nitrogens with two attached hydrogens (primary N) is 1. The molecule has 0 atom stereocenters. The first kappa shape index (κ1) is 16.1. The number of fused-ring (bicyclic) bond motifs is 2. The molecule has 0 amide bonds. The second-order valence-corrected chi connectivity index (χ2v) is 7.22. The van der Waals surface area contributed by atoms with Gasteiger partial charge in [-0.1, -0.05) is 0 Å². The van der Waals surface area contributed by atoms with Crippen molar-refractivity contribution in [2.75, 3.05) is 18.0 Å². The predicted octanol–water partition coefficient (Wildman–Crippen LogP) is 2.11. The Balaban J connectivity index is 1.43. The van der Waals surface area contributed by atoms with Crippen molar-refractivity contribution >= 4 is 27.9 Å². The molecule has 0 radical (unpaired) electrons. The topological polar surface area (TPSA) is 125 Å². The molecule has 0 aromatic carbocycles. The maximum atomic E-state index is 5.89. The van der Waals surface area contributed by atoms with Crippen molar-refractivity contribution in [2.45, 2.75) is 6.04 Å². The average Bonchev–Trinajstić information content (AvgIpc) is 3.34. The fraction of sp³-hybridized carbons (Fsp3) is 0.150. The number of rotatable bonds is 3. The van der Waals surface area contributed by atoms with Gasteiger partial charge in [-0.2, -0.15) is 5.10 Å². The minimum atomic E-state index is 0.203. The van der Waals surface area contributed by atoms with Crippen LogP contribution >= 0.6 is 0 Å². The summed E-state index contributed by atoms with van der Waals surface area (Å²) in [7, 11) is 0. The molecule has 6 rings (SSSR count). The molecule has 0 unspecified atom stereocenters. The molecule has 0 spiro atoms. The second-order valence-electron chi connectivity index (χ2n) is 7.22. The van der Waals surface area contributed by atoms with E-state index in [-0.39, 0.29) is 6.04 Å². The van der Waals surface area contributed by atoms with Crippen LogP contribution in [0.1, 0.15) is 0 Å². The van der Waals surface area contributed by atoms with Crippen LogP contribution in [0.2, 0.25) is 0 Å². The highest BCUT2D eigenvalue weighted by molar-refractivity contribution is 5.93. The molecule has 9 nitrogen and oxygen atoms in total. The summed E-state index contributed by atoms with van der Waals surface area (Å²) in [5, 5.41) is 8.55. The molecular weight excluding hydrogens is 366 g/mol. The van der Waals surface area contributed by atoms with Gasteiger partial charge in [-0.05, 0) is 30.3 Å². The Morgan fingerprint density at radius 2 is 2.00 bits per heavy atom. The van der Waals surface area contributed by atoms with E-state index in [0.29, 0.717) is 0 Å². The van der Waals surface area contributed by atoms with Gasteiger partial charge in [0.25, 0.3) is 0 Å². The standard InChI is InChI=1S/C20H17N9/c21-12-9-29(10-12)17-8-22-7-16(24-17)13-3-4-14-18(25-13)19(28-27-14)15-6-11-2-1-5-23-20(11)26-15/h1-8,12H,9-10,21H2,(H,23,26)(H,27,28). The maximum absolute atomic E-state index is 5.89. The van der Waals surface area contributed by atoms with Gasteiger partial charge in [0, 0.05) is 30.7 Å². The third-order valence-corrected chi connectivity index (χ3v) is 5.17. The van der Waals surface area contributed by atoms with E-state index in [1.807, 2.05) is 30.3 Å². The number of nitrogens with one attached hydrogen (secondary N) is 2. The lowest BCUT2D eigenvalue weighted by atomic mass is 10.1. The number of nitrogens with zero attached hydrogens (tertiary/aromatic N) is 6. The smallest absolute Gasteiger partial charge is 0.147 e. The summed E-state index contributed by atoms with van der Waals surface area (Å²) in [6.07, 6.45) is 5.25. The van der Waals surface area contributed by atoms with E-state index in [4.69, 9.17) is 15.7 Å². The molecular formula is C20H17N9. The lowest BCUT2D eigenvalue weighted by Crippen LogP contribution is -2.56. The fourth-order valence-electron chi connectivity index (χ4n) is 3.65. The highest BCUT2D eigenvalue weighted by atomic mass is 15.3. The largest absolute Gasteiger partial charge is 0.352 e. The Hall–Kier alpha value is -3.85. The van der Waals surface area contributed by atoms with Crippen LogP contribution < -0.4 is 10.6 Å². The lowest BCUT2D eigenvalue weighted by molar-refractivity contribution is 0.514. The number of pyridine rings is 2. The molecule has 5 aromatic rings. The third kappa shape index (κ3) is 2.63. The van der Waals surface area contributed by atoms with E-state index in [0.717, 1.165) is 63.7 Å². The summed E-state index contributed by atoms with van der Waals surface area (Å²) in [4.78, 5) is 23.7. The number of hydrogen-bond acceptors (Lipinski definition) is 7. The van der Waals surface area contributed by atoms with Crippen LogP contribution in [0.3, 0.4) is 0 Å². The van der Waals surface area contributed by atoms with E-state index in [1.165, 1.54) is 0 Å². The van der Waals surface area contributed by atoms with E-state index in [2.05, 4.69) is 30.0 Å². The number of aromatic nitrogens is 7. The molecule has 4 N–H and O–H groups in total. The SMILES string of the molecule is NC1CN(c2cncc(-c3ccc4[nH]nc(-c5cc6cccnc6[nH]5)c4n3)n2)C1. The molecule has 9 heteroatoms. The molecule has 142 valence electrons. The molecule has 1 saturated heterocycles. The summed E-state index contributed by atoms with van der Waals surface area (Å²) in [5.74, 6) is 0.820. The number of anilines is 1. The molecule has 0 bridgehead atoms. The second kappa shape index (κ2) is 6.08.